The van der Waals surface area contributed by atoms with Crippen molar-refractivity contribution >= 4 is 15.9 Å². The summed E-state index contributed by atoms with van der Waals surface area (Å²) in [5, 5.41) is 0. The van der Waals surface area contributed by atoms with Gasteiger partial charge in [0, 0.05) is 19.1 Å². The van der Waals surface area contributed by atoms with E-state index >= 15 is 0 Å². The van der Waals surface area contributed by atoms with Crippen molar-refractivity contribution in [3.05, 3.63) is 65.5 Å². The molecular formula is C21H25FN2O3S. The largest absolute Gasteiger partial charge is 0.342 e. The van der Waals surface area contributed by atoms with Gasteiger partial charge in [-0.15, -0.1) is 0 Å². The number of carbonyl (C=O) groups is 1. The lowest BCUT2D eigenvalue weighted by atomic mass is 10.0. The molecule has 1 aliphatic rings. The van der Waals surface area contributed by atoms with E-state index in [9.17, 15) is 17.6 Å². The van der Waals surface area contributed by atoms with Crippen molar-refractivity contribution < 1.29 is 17.6 Å². The molecule has 2 aromatic carbocycles. The summed E-state index contributed by atoms with van der Waals surface area (Å²) in [5.74, 6) is -0.350. The number of aryl methyl sites for hydroxylation is 1. The lowest BCUT2D eigenvalue weighted by Gasteiger charge is -2.32. The number of carbonyl (C=O) groups excluding carboxylic acids is 1. The lowest BCUT2D eigenvalue weighted by Crippen LogP contribution is -2.46. The number of piperidine rings is 1. The fourth-order valence-electron chi connectivity index (χ4n) is 3.33. The fraction of sp³-hybridized carbons (Fsp3) is 0.381. The van der Waals surface area contributed by atoms with E-state index < -0.39 is 10.0 Å². The molecule has 0 radical (unpaired) electrons. The number of sulfonamides is 1. The average molecular weight is 405 g/mol. The van der Waals surface area contributed by atoms with Gasteiger partial charge in [-0.3, -0.25) is 4.79 Å². The third-order valence-corrected chi connectivity index (χ3v) is 6.62. The van der Waals surface area contributed by atoms with Crippen LogP contribution in [0.5, 0.6) is 0 Å². The van der Waals surface area contributed by atoms with Gasteiger partial charge in [0.2, 0.25) is 15.9 Å². The van der Waals surface area contributed by atoms with Gasteiger partial charge in [-0.1, -0.05) is 31.2 Å². The summed E-state index contributed by atoms with van der Waals surface area (Å²) in [6, 6.07) is 12.6. The normalized spacial score (nSPS) is 15.6. The van der Waals surface area contributed by atoms with Crippen LogP contribution in [0.1, 0.15) is 30.9 Å². The first-order valence-electron chi connectivity index (χ1n) is 9.51. The van der Waals surface area contributed by atoms with Gasteiger partial charge in [-0.05, 0) is 54.7 Å². The first-order chi connectivity index (χ1) is 13.4. The van der Waals surface area contributed by atoms with Crippen LogP contribution in [-0.4, -0.2) is 38.4 Å². The van der Waals surface area contributed by atoms with Crippen LogP contribution in [0, 0.1) is 5.82 Å². The Morgan fingerprint density at radius 3 is 2.18 bits per heavy atom. The molecule has 1 heterocycles. The zero-order valence-electron chi connectivity index (χ0n) is 15.9. The van der Waals surface area contributed by atoms with Gasteiger partial charge in [0.15, 0.2) is 0 Å². The number of benzene rings is 2. The molecule has 0 atom stereocenters. The maximum absolute atomic E-state index is 13.0. The van der Waals surface area contributed by atoms with E-state index in [4.69, 9.17) is 0 Å². The highest BCUT2D eigenvalue weighted by Crippen LogP contribution is 2.17. The molecule has 1 fully saturated rings. The zero-order chi connectivity index (χ0) is 20.1. The van der Waals surface area contributed by atoms with Crippen LogP contribution in [0.2, 0.25) is 0 Å². The molecule has 150 valence electrons. The number of nitrogens with one attached hydrogen (secondary N) is 1. The molecule has 7 heteroatoms. The number of halogens is 1. The molecule has 28 heavy (non-hydrogen) atoms. The van der Waals surface area contributed by atoms with Crippen LogP contribution in [0.4, 0.5) is 4.39 Å². The Morgan fingerprint density at radius 2 is 1.61 bits per heavy atom. The quantitative estimate of drug-likeness (QED) is 0.805. The predicted molar refractivity (Wildman–Crippen MR) is 106 cm³/mol. The molecule has 2 aromatic rings. The Morgan fingerprint density at radius 1 is 1.04 bits per heavy atom. The Kier molecular flexibility index (Phi) is 6.46. The fourth-order valence-corrected chi connectivity index (χ4v) is 4.63. The summed E-state index contributed by atoms with van der Waals surface area (Å²) in [6.07, 6.45) is 2.22. The van der Waals surface area contributed by atoms with Crippen molar-refractivity contribution in [3.8, 4) is 0 Å². The topological polar surface area (TPSA) is 66.5 Å². The van der Waals surface area contributed by atoms with E-state index in [0.29, 0.717) is 25.9 Å². The molecule has 0 saturated carbocycles. The number of hydrogen-bond acceptors (Lipinski definition) is 3. The Bertz CT molecular complexity index is 904. The number of hydrogen-bond donors (Lipinski definition) is 1. The summed E-state index contributed by atoms with van der Waals surface area (Å²) >= 11 is 0. The van der Waals surface area contributed by atoms with E-state index in [1.807, 2.05) is 19.1 Å². The Hall–Kier alpha value is -2.25. The molecule has 0 bridgehead atoms. The average Bonchev–Trinajstić information content (AvgIpc) is 2.70. The SMILES string of the molecule is CCc1ccc(S(=O)(=O)NC2CCN(C(=O)Cc3ccc(F)cc3)CC2)cc1. The van der Waals surface area contributed by atoms with Crippen molar-refractivity contribution in [2.45, 2.75) is 43.5 Å². The van der Waals surface area contributed by atoms with Crippen LogP contribution in [0.15, 0.2) is 53.4 Å². The van der Waals surface area contributed by atoms with E-state index in [1.54, 1.807) is 29.2 Å². The molecule has 0 spiro atoms. The Labute approximate surface area is 165 Å². The summed E-state index contributed by atoms with van der Waals surface area (Å²) in [6.45, 7) is 3.02. The summed E-state index contributed by atoms with van der Waals surface area (Å²) in [7, 11) is -3.56. The van der Waals surface area contributed by atoms with Crippen LogP contribution >= 0.6 is 0 Å². The van der Waals surface area contributed by atoms with Crippen molar-refractivity contribution in [3.63, 3.8) is 0 Å². The number of nitrogens with zero attached hydrogens (tertiary/aromatic N) is 1. The van der Waals surface area contributed by atoms with Gasteiger partial charge in [-0.25, -0.2) is 17.5 Å². The van der Waals surface area contributed by atoms with E-state index in [0.717, 1.165) is 17.5 Å². The second-order valence-corrected chi connectivity index (χ2v) is 8.79. The number of likely N-dealkylation sites (tertiary alicyclic amines) is 1. The van der Waals surface area contributed by atoms with E-state index in [2.05, 4.69) is 4.72 Å². The molecule has 3 rings (SSSR count). The summed E-state index contributed by atoms with van der Waals surface area (Å²) in [5.41, 5.74) is 1.86. The molecule has 5 nitrogen and oxygen atoms in total. The van der Waals surface area contributed by atoms with Gasteiger partial charge < -0.3 is 4.90 Å². The van der Waals surface area contributed by atoms with Crippen LogP contribution < -0.4 is 4.72 Å². The van der Waals surface area contributed by atoms with Crippen molar-refractivity contribution in [2.75, 3.05) is 13.1 Å². The van der Waals surface area contributed by atoms with Crippen LogP contribution in [0.25, 0.3) is 0 Å². The molecule has 0 aliphatic carbocycles. The molecule has 1 N–H and O–H groups in total. The second-order valence-electron chi connectivity index (χ2n) is 7.08. The highest BCUT2D eigenvalue weighted by Gasteiger charge is 2.26. The molecule has 1 amide bonds. The second kappa shape index (κ2) is 8.84. The van der Waals surface area contributed by atoms with Crippen molar-refractivity contribution in [1.29, 1.82) is 0 Å². The van der Waals surface area contributed by atoms with E-state index in [-0.39, 0.29) is 29.1 Å². The predicted octanol–water partition coefficient (Wildman–Crippen LogP) is 2.90. The van der Waals surface area contributed by atoms with Crippen LogP contribution in [-0.2, 0) is 27.7 Å². The molecular weight excluding hydrogens is 379 g/mol. The minimum atomic E-state index is -3.56. The van der Waals surface area contributed by atoms with Crippen molar-refractivity contribution in [1.82, 2.24) is 9.62 Å². The van der Waals surface area contributed by atoms with Gasteiger partial charge >= 0.3 is 0 Å². The smallest absolute Gasteiger partial charge is 0.240 e. The molecule has 0 unspecified atom stereocenters. The maximum atomic E-state index is 13.0. The van der Waals surface area contributed by atoms with E-state index in [1.165, 1.54) is 12.1 Å². The highest BCUT2D eigenvalue weighted by atomic mass is 32.2. The van der Waals surface area contributed by atoms with Crippen LogP contribution in [0.3, 0.4) is 0 Å². The first-order valence-corrected chi connectivity index (χ1v) is 11.0. The lowest BCUT2D eigenvalue weighted by molar-refractivity contribution is -0.131. The molecule has 0 aromatic heterocycles. The van der Waals surface area contributed by atoms with Gasteiger partial charge in [0.25, 0.3) is 0 Å². The summed E-state index contributed by atoms with van der Waals surface area (Å²) < 4.78 is 40.8. The van der Waals surface area contributed by atoms with Gasteiger partial charge in [0.1, 0.15) is 5.82 Å². The standard InChI is InChI=1S/C21H25FN2O3S/c1-2-16-5-9-20(10-6-16)28(26,27)23-19-11-13-24(14-12-19)21(25)15-17-3-7-18(22)8-4-17/h3-10,19,23H,2,11-15H2,1H3. The number of amides is 1. The highest BCUT2D eigenvalue weighted by molar-refractivity contribution is 7.89. The minimum Gasteiger partial charge on any atom is -0.342 e. The number of rotatable bonds is 6. The Balaban J connectivity index is 1.52. The zero-order valence-corrected chi connectivity index (χ0v) is 16.7. The maximum Gasteiger partial charge on any atom is 0.240 e. The van der Waals surface area contributed by atoms with Gasteiger partial charge in [-0.2, -0.15) is 0 Å². The monoisotopic (exact) mass is 404 g/mol. The molecule has 1 aliphatic heterocycles. The molecule has 1 saturated heterocycles. The third-order valence-electron chi connectivity index (χ3n) is 5.08. The third kappa shape index (κ3) is 5.17. The van der Waals surface area contributed by atoms with Crippen molar-refractivity contribution in [2.24, 2.45) is 0 Å². The van der Waals surface area contributed by atoms with Gasteiger partial charge in [0.05, 0.1) is 11.3 Å². The minimum absolute atomic E-state index is 0.0249. The summed E-state index contributed by atoms with van der Waals surface area (Å²) in [4.78, 5) is 14.4. The first kappa shape index (κ1) is 20.5.